The number of fused-ring (bicyclic) bond motifs is 3. The molecule has 1 amide bonds. The SMILES string of the molecule is COCC(C)NS(=O)(=O)c1ccc(NCn2ncc3c2-c2ccccc2NC(=O)C3)cc1. The molecule has 0 radical (unpaired) electrons. The molecule has 0 spiro atoms. The lowest BCUT2D eigenvalue weighted by molar-refractivity contribution is -0.115. The fourth-order valence-corrected chi connectivity index (χ4v) is 4.91. The minimum Gasteiger partial charge on any atom is -0.383 e. The van der Waals surface area contributed by atoms with Crippen LogP contribution in [0.2, 0.25) is 0 Å². The first kappa shape index (κ1) is 22.0. The summed E-state index contributed by atoms with van der Waals surface area (Å²) in [6.07, 6.45) is 1.96. The lowest BCUT2D eigenvalue weighted by atomic mass is 10.1. The summed E-state index contributed by atoms with van der Waals surface area (Å²) in [7, 11) is -2.10. The van der Waals surface area contributed by atoms with E-state index in [4.69, 9.17) is 4.74 Å². The lowest BCUT2D eigenvalue weighted by Gasteiger charge is -2.14. The van der Waals surface area contributed by atoms with Gasteiger partial charge in [0.25, 0.3) is 0 Å². The number of hydrogen-bond donors (Lipinski definition) is 3. The molecule has 32 heavy (non-hydrogen) atoms. The summed E-state index contributed by atoms with van der Waals surface area (Å²) < 4.78 is 34.3. The van der Waals surface area contributed by atoms with E-state index in [0.29, 0.717) is 6.67 Å². The van der Waals surface area contributed by atoms with Crippen molar-refractivity contribution < 1.29 is 17.9 Å². The summed E-state index contributed by atoms with van der Waals surface area (Å²) in [5.41, 5.74) is 4.14. The highest BCUT2D eigenvalue weighted by Crippen LogP contribution is 2.33. The number of hydrogen-bond acceptors (Lipinski definition) is 6. The Morgan fingerprint density at radius 1 is 1.19 bits per heavy atom. The minimum atomic E-state index is -3.63. The maximum atomic E-state index is 12.5. The average Bonchev–Trinajstić information content (AvgIpc) is 3.08. The van der Waals surface area contributed by atoms with Crippen LogP contribution in [0.5, 0.6) is 0 Å². The van der Waals surface area contributed by atoms with E-state index in [2.05, 4.69) is 20.5 Å². The summed E-state index contributed by atoms with van der Waals surface area (Å²) in [4.78, 5) is 12.4. The zero-order valence-corrected chi connectivity index (χ0v) is 18.6. The van der Waals surface area contributed by atoms with Crippen molar-refractivity contribution in [1.82, 2.24) is 14.5 Å². The first-order valence-electron chi connectivity index (χ1n) is 10.2. The number of nitrogens with zero attached hydrogens (tertiary/aromatic N) is 2. The van der Waals surface area contributed by atoms with E-state index >= 15 is 0 Å². The van der Waals surface area contributed by atoms with Crippen molar-refractivity contribution in [2.24, 2.45) is 0 Å². The van der Waals surface area contributed by atoms with Gasteiger partial charge in [-0.15, -0.1) is 0 Å². The van der Waals surface area contributed by atoms with Crippen molar-refractivity contribution in [2.75, 3.05) is 24.4 Å². The number of anilines is 2. The van der Waals surface area contributed by atoms with Crippen LogP contribution in [0, 0.1) is 0 Å². The number of methoxy groups -OCH3 is 1. The predicted molar refractivity (Wildman–Crippen MR) is 122 cm³/mol. The maximum Gasteiger partial charge on any atom is 0.240 e. The normalized spacial score (nSPS) is 14.1. The number of ether oxygens (including phenoxy) is 1. The number of carbonyl (C=O) groups excluding carboxylic acids is 1. The smallest absolute Gasteiger partial charge is 0.240 e. The molecule has 0 aliphatic carbocycles. The second-order valence-electron chi connectivity index (χ2n) is 7.63. The van der Waals surface area contributed by atoms with Gasteiger partial charge in [-0.25, -0.2) is 17.8 Å². The number of aromatic nitrogens is 2. The molecule has 0 saturated carbocycles. The molecule has 3 N–H and O–H groups in total. The van der Waals surface area contributed by atoms with E-state index in [9.17, 15) is 13.2 Å². The van der Waals surface area contributed by atoms with Crippen LogP contribution in [0.1, 0.15) is 12.5 Å². The molecule has 0 saturated heterocycles. The number of carbonyl (C=O) groups is 1. The number of benzene rings is 2. The molecule has 0 bridgehead atoms. The van der Waals surface area contributed by atoms with Crippen molar-refractivity contribution >= 4 is 27.3 Å². The molecule has 10 heteroatoms. The molecule has 1 unspecified atom stereocenters. The molecule has 3 aromatic rings. The van der Waals surface area contributed by atoms with Gasteiger partial charge in [0.2, 0.25) is 15.9 Å². The fraction of sp³-hybridized carbons (Fsp3) is 0.273. The van der Waals surface area contributed by atoms with Crippen molar-refractivity contribution in [1.29, 1.82) is 0 Å². The zero-order valence-electron chi connectivity index (χ0n) is 17.8. The number of sulfonamides is 1. The van der Waals surface area contributed by atoms with Crippen LogP contribution in [0.15, 0.2) is 59.6 Å². The third kappa shape index (κ3) is 4.67. The van der Waals surface area contributed by atoms with Gasteiger partial charge in [-0.05, 0) is 37.3 Å². The van der Waals surface area contributed by atoms with Crippen molar-refractivity contribution in [3.05, 3.63) is 60.3 Å². The summed E-state index contributed by atoms with van der Waals surface area (Å²) in [6.45, 7) is 2.38. The monoisotopic (exact) mass is 455 g/mol. The van der Waals surface area contributed by atoms with Gasteiger partial charge >= 0.3 is 0 Å². The third-order valence-electron chi connectivity index (χ3n) is 5.09. The van der Waals surface area contributed by atoms with Crippen LogP contribution in [-0.2, 0) is 32.6 Å². The van der Waals surface area contributed by atoms with E-state index < -0.39 is 10.0 Å². The van der Waals surface area contributed by atoms with E-state index in [0.717, 1.165) is 28.2 Å². The van der Waals surface area contributed by atoms with E-state index in [1.54, 1.807) is 42.1 Å². The van der Waals surface area contributed by atoms with Crippen molar-refractivity contribution in [2.45, 2.75) is 31.0 Å². The molecular formula is C22H25N5O4S. The van der Waals surface area contributed by atoms with Crippen molar-refractivity contribution in [3.8, 4) is 11.3 Å². The second-order valence-corrected chi connectivity index (χ2v) is 9.34. The molecule has 2 aromatic carbocycles. The van der Waals surface area contributed by atoms with Crippen LogP contribution in [0.25, 0.3) is 11.3 Å². The maximum absolute atomic E-state index is 12.5. The standard InChI is InChI=1S/C22H25N5O4S/c1-15(13-31-2)26-32(29,30)18-9-7-17(8-10-18)23-14-27-22-16(12-24-27)11-21(28)25-20-6-4-3-5-19(20)22/h3-10,12,15,23,26H,11,13-14H2,1-2H3,(H,25,28). The average molecular weight is 456 g/mol. The van der Waals surface area contributed by atoms with Gasteiger partial charge in [0, 0.05) is 30.0 Å². The number of rotatable bonds is 8. The molecule has 168 valence electrons. The van der Waals surface area contributed by atoms with Crippen molar-refractivity contribution in [3.63, 3.8) is 0 Å². The first-order valence-corrected chi connectivity index (χ1v) is 11.6. The summed E-state index contributed by atoms with van der Waals surface area (Å²) >= 11 is 0. The number of amides is 1. The van der Waals surface area contributed by atoms with Crippen LogP contribution >= 0.6 is 0 Å². The molecule has 2 heterocycles. The number of para-hydroxylation sites is 1. The largest absolute Gasteiger partial charge is 0.383 e. The third-order valence-corrected chi connectivity index (χ3v) is 6.70. The first-order chi connectivity index (χ1) is 15.4. The van der Waals surface area contributed by atoms with E-state index in [-0.39, 0.29) is 29.9 Å². The summed E-state index contributed by atoms with van der Waals surface area (Å²) in [5, 5.41) is 10.6. The summed E-state index contributed by atoms with van der Waals surface area (Å²) in [5.74, 6) is -0.0751. The Morgan fingerprint density at radius 3 is 2.69 bits per heavy atom. The van der Waals surface area contributed by atoms with Gasteiger partial charge in [-0.1, -0.05) is 18.2 Å². The number of nitrogens with one attached hydrogen (secondary N) is 3. The highest BCUT2D eigenvalue weighted by atomic mass is 32.2. The van der Waals surface area contributed by atoms with Gasteiger partial charge in [-0.2, -0.15) is 5.10 Å². The molecule has 0 fully saturated rings. The Balaban J connectivity index is 1.50. The molecule has 1 aliphatic rings. The Labute approximate surface area is 186 Å². The van der Waals surface area contributed by atoms with Gasteiger partial charge in [0.15, 0.2) is 0 Å². The molecule has 1 atom stereocenters. The topological polar surface area (TPSA) is 114 Å². The highest BCUT2D eigenvalue weighted by Gasteiger charge is 2.22. The van der Waals surface area contributed by atoms with Crippen LogP contribution < -0.4 is 15.4 Å². The lowest BCUT2D eigenvalue weighted by Crippen LogP contribution is -2.35. The predicted octanol–water partition coefficient (Wildman–Crippen LogP) is 2.43. The fourth-order valence-electron chi connectivity index (χ4n) is 3.69. The van der Waals surface area contributed by atoms with Gasteiger partial charge in [0.1, 0.15) is 6.67 Å². The second kappa shape index (κ2) is 9.11. The molecular weight excluding hydrogens is 430 g/mol. The Kier molecular flexibility index (Phi) is 6.26. The Hall–Kier alpha value is -3.21. The highest BCUT2D eigenvalue weighted by molar-refractivity contribution is 7.89. The van der Waals surface area contributed by atoms with Gasteiger partial charge in [-0.3, -0.25) is 4.79 Å². The van der Waals surface area contributed by atoms with E-state index in [1.165, 1.54) is 7.11 Å². The van der Waals surface area contributed by atoms with Gasteiger partial charge in [0.05, 0.1) is 35.5 Å². The summed E-state index contributed by atoms with van der Waals surface area (Å²) in [6, 6.07) is 13.8. The van der Waals surface area contributed by atoms with Crippen LogP contribution in [0.3, 0.4) is 0 Å². The van der Waals surface area contributed by atoms with E-state index in [1.807, 2.05) is 24.3 Å². The van der Waals surface area contributed by atoms with Gasteiger partial charge < -0.3 is 15.4 Å². The minimum absolute atomic E-state index is 0.0751. The van der Waals surface area contributed by atoms with Crippen LogP contribution in [-0.4, -0.2) is 43.9 Å². The zero-order chi connectivity index (χ0) is 22.7. The molecule has 9 nitrogen and oxygen atoms in total. The van der Waals surface area contributed by atoms with Crippen LogP contribution in [0.4, 0.5) is 11.4 Å². The Morgan fingerprint density at radius 2 is 1.94 bits per heavy atom. The molecule has 1 aliphatic heterocycles. The quantitative estimate of drug-likeness (QED) is 0.481. The Bertz CT molecular complexity index is 1220. The molecule has 1 aromatic heterocycles. The molecule has 4 rings (SSSR count).